The third-order valence-corrected chi connectivity index (χ3v) is 3.09. The van der Waals surface area contributed by atoms with Crippen molar-refractivity contribution in [2.24, 2.45) is 11.1 Å². The molecule has 0 aromatic heterocycles. The molecule has 0 amide bonds. The van der Waals surface area contributed by atoms with E-state index >= 15 is 0 Å². The number of benzene rings is 1. The maximum absolute atomic E-state index is 13.8. The molecule has 1 aromatic carbocycles. The van der Waals surface area contributed by atoms with Gasteiger partial charge in [0.1, 0.15) is 0 Å². The van der Waals surface area contributed by atoms with Gasteiger partial charge in [-0.1, -0.05) is 12.1 Å². The van der Waals surface area contributed by atoms with Crippen LogP contribution in [0.5, 0.6) is 5.75 Å². The van der Waals surface area contributed by atoms with Gasteiger partial charge in [-0.05, 0) is 51.7 Å². The molecule has 0 bridgehead atoms. The van der Waals surface area contributed by atoms with Crippen LogP contribution in [0, 0.1) is 22.6 Å². The van der Waals surface area contributed by atoms with Crippen molar-refractivity contribution < 1.29 is 9.13 Å². The molecule has 0 radical (unpaired) electrons. The van der Waals surface area contributed by atoms with Crippen LogP contribution in [-0.2, 0) is 6.42 Å². The summed E-state index contributed by atoms with van der Waals surface area (Å²) >= 11 is 0. The number of para-hydroxylation sites is 1. The predicted octanol–water partition coefficient (Wildman–Crippen LogP) is 3.42. The second kappa shape index (κ2) is 7.25. The molecule has 0 aliphatic heterocycles. The van der Waals surface area contributed by atoms with E-state index in [-0.39, 0.29) is 17.3 Å². The first kappa shape index (κ1) is 16.5. The van der Waals surface area contributed by atoms with E-state index in [0.29, 0.717) is 25.2 Å². The average Bonchev–Trinajstić information content (AvgIpc) is 2.36. The number of nitrogens with zero attached hydrogens (tertiary/aromatic N) is 1. The number of nitrogens with two attached hydrogens (primary N) is 1. The van der Waals surface area contributed by atoms with E-state index in [0.717, 1.165) is 12.0 Å². The molecule has 1 unspecified atom stereocenters. The highest BCUT2D eigenvalue weighted by Crippen LogP contribution is 2.25. The molecule has 1 aromatic rings. The third kappa shape index (κ3) is 5.18. The largest absolute Gasteiger partial charge is 0.490 e. The van der Waals surface area contributed by atoms with Crippen molar-refractivity contribution in [3.63, 3.8) is 0 Å². The zero-order valence-electron chi connectivity index (χ0n) is 12.4. The quantitative estimate of drug-likeness (QED) is 0.777. The Labute approximate surface area is 120 Å². The molecule has 0 aliphatic rings. The summed E-state index contributed by atoms with van der Waals surface area (Å²) in [6.45, 7) is 6.05. The fourth-order valence-corrected chi connectivity index (χ4v) is 1.97. The van der Waals surface area contributed by atoms with Gasteiger partial charge in [-0.3, -0.25) is 0 Å². The lowest BCUT2D eigenvalue weighted by Gasteiger charge is -2.17. The van der Waals surface area contributed by atoms with Gasteiger partial charge in [-0.2, -0.15) is 5.26 Å². The van der Waals surface area contributed by atoms with Crippen LogP contribution in [0.3, 0.4) is 0 Å². The molecule has 3 nitrogen and oxygen atoms in total. The van der Waals surface area contributed by atoms with E-state index in [9.17, 15) is 4.39 Å². The second-order valence-corrected chi connectivity index (χ2v) is 5.86. The lowest BCUT2D eigenvalue weighted by atomic mass is 9.90. The number of hydrogen-bond donors (Lipinski definition) is 1. The Morgan fingerprint density at radius 3 is 2.75 bits per heavy atom. The number of rotatable bonds is 7. The lowest BCUT2D eigenvalue weighted by molar-refractivity contribution is 0.270. The summed E-state index contributed by atoms with van der Waals surface area (Å²) < 4.78 is 19.4. The Morgan fingerprint density at radius 1 is 1.45 bits per heavy atom. The monoisotopic (exact) mass is 278 g/mol. The molecular weight excluding hydrogens is 255 g/mol. The van der Waals surface area contributed by atoms with Gasteiger partial charge in [0.25, 0.3) is 0 Å². The SMILES string of the molecule is CC(N)Cc1cccc(F)c1OCCCC(C)(C)C#N. The summed E-state index contributed by atoms with van der Waals surface area (Å²) in [5.41, 5.74) is 6.18. The van der Waals surface area contributed by atoms with Gasteiger partial charge in [-0.25, -0.2) is 4.39 Å². The van der Waals surface area contributed by atoms with Gasteiger partial charge in [0.15, 0.2) is 11.6 Å². The van der Waals surface area contributed by atoms with Crippen LogP contribution in [0.1, 0.15) is 39.2 Å². The molecule has 0 fully saturated rings. The van der Waals surface area contributed by atoms with Gasteiger partial charge < -0.3 is 10.5 Å². The molecule has 0 saturated heterocycles. The van der Waals surface area contributed by atoms with Crippen LogP contribution in [0.2, 0.25) is 0 Å². The van der Waals surface area contributed by atoms with Crippen molar-refractivity contribution in [3.05, 3.63) is 29.6 Å². The highest BCUT2D eigenvalue weighted by molar-refractivity contribution is 5.35. The summed E-state index contributed by atoms with van der Waals surface area (Å²) in [7, 11) is 0. The van der Waals surface area contributed by atoms with Crippen LogP contribution >= 0.6 is 0 Å². The molecule has 20 heavy (non-hydrogen) atoms. The average molecular weight is 278 g/mol. The van der Waals surface area contributed by atoms with E-state index < -0.39 is 0 Å². The fourth-order valence-electron chi connectivity index (χ4n) is 1.97. The molecule has 1 rings (SSSR count). The maximum atomic E-state index is 13.8. The van der Waals surface area contributed by atoms with Crippen molar-refractivity contribution in [2.45, 2.75) is 46.1 Å². The molecule has 0 spiro atoms. The van der Waals surface area contributed by atoms with Gasteiger partial charge in [0.05, 0.1) is 18.1 Å². The summed E-state index contributed by atoms with van der Waals surface area (Å²) in [4.78, 5) is 0. The smallest absolute Gasteiger partial charge is 0.165 e. The molecule has 110 valence electrons. The zero-order valence-corrected chi connectivity index (χ0v) is 12.4. The minimum absolute atomic E-state index is 0.0447. The second-order valence-electron chi connectivity index (χ2n) is 5.86. The number of hydrogen-bond acceptors (Lipinski definition) is 3. The van der Waals surface area contributed by atoms with Crippen molar-refractivity contribution in [1.82, 2.24) is 0 Å². The van der Waals surface area contributed by atoms with Gasteiger partial charge in [-0.15, -0.1) is 0 Å². The van der Waals surface area contributed by atoms with Crippen molar-refractivity contribution in [2.75, 3.05) is 6.61 Å². The molecule has 0 saturated carbocycles. The van der Waals surface area contributed by atoms with Crippen LogP contribution in [-0.4, -0.2) is 12.6 Å². The summed E-state index contributed by atoms with van der Waals surface area (Å²) in [5.74, 6) is -0.0674. The molecule has 0 aliphatic carbocycles. The van der Waals surface area contributed by atoms with Crippen LogP contribution in [0.4, 0.5) is 4.39 Å². The first-order valence-corrected chi connectivity index (χ1v) is 6.93. The minimum Gasteiger partial charge on any atom is -0.490 e. The fraction of sp³-hybridized carbons (Fsp3) is 0.562. The van der Waals surface area contributed by atoms with E-state index in [2.05, 4.69) is 6.07 Å². The normalized spacial score (nSPS) is 12.8. The number of ether oxygens (including phenoxy) is 1. The van der Waals surface area contributed by atoms with E-state index in [1.54, 1.807) is 6.07 Å². The first-order chi connectivity index (χ1) is 9.35. The van der Waals surface area contributed by atoms with E-state index in [1.807, 2.05) is 26.8 Å². The predicted molar refractivity (Wildman–Crippen MR) is 77.9 cm³/mol. The standard InChI is InChI=1S/C16H23FN2O/c1-12(19)10-13-6-4-7-14(17)15(13)20-9-5-8-16(2,3)11-18/h4,6-7,12H,5,8-10,19H2,1-3H3. The van der Waals surface area contributed by atoms with Gasteiger partial charge in [0.2, 0.25) is 0 Å². The van der Waals surface area contributed by atoms with Crippen LogP contribution < -0.4 is 10.5 Å². The highest BCUT2D eigenvalue weighted by atomic mass is 19.1. The summed E-state index contributed by atoms with van der Waals surface area (Å²) in [5, 5.41) is 8.93. The molecular formula is C16H23FN2O. The highest BCUT2D eigenvalue weighted by Gasteiger charge is 2.16. The van der Waals surface area contributed by atoms with Crippen molar-refractivity contribution >= 4 is 0 Å². The molecule has 1 atom stereocenters. The number of nitriles is 1. The lowest BCUT2D eigenvalue weighted by Crippen LogP contribution is -2.19. The third-order valence-electron chi connectivity index (χ3n) is 3.09. The van der Waals surface area contributed by atoms with Crippen molar-refractivity contribution in [3.8, 4) is 11.8 Å². The summed E-state index contributed by atoms with van der Waals surface area (Å²) in [6, 6.07) is 7.09. The Hall–Kier alpha value is -1.60. The molecule has 4 heteroatoms. The van der Waals surface area contributed by atoms with Gasteiger partial charge in [0, 0.05) is 6.04 Å². The minimum atomic E-state index is -0.368. The van der Waals surface area contributed by atoms with Crippen LogP contribution in [0.25, 0.3) is 0 Å². The zero-order chi connectivity index (χ0) is 15.2. The number of halogens is 1. The Balaban J connectivity index is 2.61. The Morgan fingerprint density at radius 2 is 2.15 bits per heavy atom. The van der Waals surface area contributed by atoms with Crippen LogP contribution in [0.15, 0.2) is 18.2 Å². The van der Waals surface area contributed by atoms with E-state index in [1.165, 1.54) is 6.07 Å². The first-order valence-electron chi connectivity index (χ1n) is 6.93. The maximum Gasteiger partial charge on any atom is 0.165 e. The Kier molecular flexibility index (Phi) is 5.97. The van der Waals surface area contributed by atoms with E-state index in [4.69, 9.17) is 15.7 Å². The topological polar surface area (TPSA) is 59.0 Å². The van der Waals surface area contributed by atoms with Gasteiger partial charge >= 0.3 is 0 Å². The Bertz CT molecular complexity index is 478. The van der Waals surface area contributed by atoms with Crippen molar-refractivity contribution in [1.29, 1.82) is 5.26 Å². The molecule has 0 heterocycles. The molecule has 2 N–H and O–H groups in total. The summed E-state index contributed by atoms with van der Waals surface area (Å²) in [6.07, 6.45) is 2.02.